The third kappa shape index (κ3) is 25.5. The SMILES string of the molecule is C=CC1CC(C)(CC(C)(C)OCCCCC(C)(C)C(C)(C)OCC(COc2ccccc2)C(C)(C)OC(=O)C(=C)C)CCC1C1CC(C)(CC(C)(C)OCCCCOCC(COc2ccccc2)C(C)(C)OC(=O)C(=C)C)C1.CCC(C)C. The molecular formula is C73H120O10. The first kappa shape index (κ1) is 73.3. The van der Waals surface area contributed by atoms with Crippen LogP contribution in [0.4, 0.5) is 0 Å². The molecule has 472 valence electrons. The highest BCUT2D eigenvalue weighted by Gasteiger charge is 2.51. The maximum absolute atomic E-state index is 12.7. The fourth-order valence-corrected chi connectivity index (χ4v) is 12.2. The summed E-state index contributed by atoms with van der Waals surface area (Å²) in [6.45, 7) is 56.0. The summed E-state index contributed by atoms with van der Waals surface area (Å²) in [5.41, 5.74) is -1.46. The van der Waals surface area contributed by atoms with Crippen molar-refractivity contribution in [1.82, 2.24) is 0 Å². The van der Waals surface area contributed by atoms with Crippen molar-refractivity contribution in [2.24, 2.45) is 51.8 Å². The van der Waals surface area contributed by atoms with E-state index in [2.05, 4.69) is 116 Å². The number of carbonyl (C=O) groups excluding carboxylic acids is 2. The predicted molar refractivity (Wildman–Crippen MR) is 343 cm³/mol. The summed E-state index contributed by atoms with van der Waals surface area (Å²) in [6, 6.07) is 19.4. The second-order valence-corrected chi connectivity index (χ2v) is 29.6. The molecule has 83 heavy (non-hydrogen) atoms. The highest BCUT2D eigenvalue weighted by Crippen LogP contribution is 2.59. The van der Waals surface area contributed by atoms with E-state index in [1.807, 2.05) is 88.4 Å². The van der Waals surface area contributed by atoms with Crippen LogP contribution in [0.5, 0.6) is 11.5 Å². The molecule has 0 aromatic heterocycles. The Bertz CT molecular complexity index is 2250. The van der Waals surface area contributed by atoms with Crippen molar-refractivity contribution in [3.8, 4) is 11.5 Å². The van der Waals surface area contributed by atoms with Crippen molar-refractivity contribution in [2.75, 3.05) is 46.2 Å². The lowest BCUT2D eigenvalue weighted by atomic mass is 9.51. The van der Waals surface area contributed by atoms with Crippen molar-refractivity contribution < 1.29 is 47.5 Å². The number of allylic oxidation sites excluding steroid dienone is 1. The molecule has 10 heteroatoms. The van der Waals surface area contributed by atoms with Crippen LogP contribution in [0.15, 0.2) is 97.6 Å². The Hall–Kier alpha value is -3.96. The molecule has 0 heterocycles. The zero-order valence-corrected chi connectivity index (χ0v) is 56.2. The molecule has 2 aliphatic carbocycles. The molecular weight excluding hydrogens is 1040 g/mol. The molecule has 2 aromatic carbocycles. The van der Waals surface area contributed by atoms with Crippen LogP contribution in [0.2, 0.25) is 0 Å². The number of ether oxygens (including phenoxy) is 8. The molecule has 0 bridgehead atoms. The van der Waals surface area contributed by atoms with Gasteiger partial charge in [0.25, 0.3) is 0 Å². The monoisotopic (exact) mass is 1160 g/mol. The fourth-order valence-electron chi connectivity index (χ4n) is 12.2. The van der Waals surface area contributed by atoms with Crippen LogP contribution in [-0.2, 0) is 38.0 Å². The van der Waals surface area contributed by atoms with Gasteiger partial charge in [0, 0.05) is 31.0 Å². The Morgan fingerprint density at radius 1 is 0.614 bits per heavy atom. The van der Waals surface area contributed by atoms with Gasteiger partial charge in [0.1, 0.15) is 22.7 Å². The number of benzene rings is 2. The van der Waals surface area contributed by atoms with E-state index >= 15 is 0 Å². The van der Waals surface area contributed by atoms with Gasteiger partial charge in [-0.2, -0.15) is 0 Å². The number of carbonyl (C=O) groups is 2. The predicted octanol–water partition coefficient (Wildman–Crippen LogP) is 18.4. The van der Waals surface area contributed by atoms with Gasteiger partial charge in [0.15, 0.2) is 0 Å². The van der Waals surface area contributed by atoms with E-state index in [1.165, 1.54) is 32.1 Å². The van der Waals surface area contributed by atoms with E-state index in [-0.39, 0.29) is 39.3 Å². The van der Waals surface area contributed by atoms with Crippen LogP contribution < -0.4 is 9.47 Å². The lowest BCUT2D eigenvalue weighted by Gasteiger charge is -2.55. The highest BCUT2D eigenvalue weighted by atomic mass is 16.6. The van der Waals surface area contributed by atoms with Crippen LogP contribution >= 0.6 is 0 Å². The maximum Gasteiger partial charge on any atom is 0.333 e. The van der Waals surface area contributed by atoms with Crippen molar-refractivity contribution in [3.05, 3.63) is 97.6 Å². The number of rotatable bonds is 37. The number of para-hydroxylation sites is 2. The molecule has 2 aliphatic rings. The van der Waals surface area contributed by atoms with Gasteiger partial charge in [-0.25, -0.2) is 9.59 Å². The third-order valence-corrected chi connectivity index (χ3v) is 18.5. The molecule has 5 unspecified atom stereocenters. The lowest BCUT2D eigenvalue weighted by Crippen LogP contribution is -2.47. The zero-order chi connectivity index (χ0) is 62.5. The summed E-state index contributed by atoms with van der Waals surface area (Å²) in [4.78, 5) is 25.1. The molecule has 0 amide bonds. The number of hydrogen-bond acceptors (Lipinski definition) is 10. The zero-order valence-electron chi connectivity index (χ0n) is 56.2. The molecule has 0 saturated heterocycles. The second-order valence-electron chi connectivity index (χ2n) is 29.6. The first-order chi connectivity index (χ1) is 38.5. The van der Waals surface area contributed by atoms with Crippen molar-refractivity contribution >= 4 is 11.9 Å². The van der Waals surface area contributed by atoms with Crippen molar-refractivity contribution in [3.63, 3.8) is 0 Å². The Labute approximate surface area is 507 Å². The van der Waals surface area contributed by atoms with Crippen LogP contribution in [0.1, 0.15) is 215 Å². The normalized spacial score (nSPS) is 21.4. The Kier molecular flexibility index (Phi) is 28.9. The van der Waals surface area contributed by atoms with Gasteiger partial charge in [-0.15, -0.1) is 6.58 Å². The van der Waals surface area contributed by atoms with Gasteiger partial charge < -0.3 is 37.9 Å². The minimum Gasteiger partial charge on any atom is -0.493 e. The first-order valence-corrected chi connectivity index (χ1v) is 31.7. The minimum atomic E-state index is -0.842. The summed E-state index contributed by atoms with van der Waals surface area (Å²) in [5.74, 6) is 3.12. The number of hydrogen-bond donors (Lipinski definition) is 0. The minimum absolute atomic E-state index is 0.131. The van der Waals surface area contributed by atoms with Crippen LogP contribution in [-0.4, -0.2) is 86.2 Å². The smallest absolute Gasteiger partial charge is 0.333 e. The fraction of sp³-hybridized carbons (Fsp3) is 0.726. The van der Waals surface area contributed by atoms with Gasteiger partial charge in [-0.3, -0.25) is 0 Å². The molecule has 0 spiro atoms. The Morgan fingerprint density at radius 3 is 1.49 bits per heavy atom. The number of unbranched alkanes of at least 4 members (excludes halogenated alkanes) is 2. The second kappa shape index (κ2) is 32.7. The molecule has 0 radical (unpaired) electrons. The van der Waals surface area contributed by atoms with Gasteiger partial charge >= 0.3 is 11.9 Å². The topological polar surface area (TPSA) is 108 Å². The van der Waals surface area contributed by atoms with Gasteiger partial charge in [-0.1, -0.05) is 117 Å². The number of esters is 2. The summed E-state index contributed by atoms with van der Waals surface area (Å²) < 4.78 is 50.3. The van der Waals surface area contributed by atoms with E-state index in [0.717, 1.165) is 81.3 Å². The molecule has 4 rings (SSSR count). The van der Waals surface area contributed by atoms with Gasteiger partial charge in [0.05, 0.1) is 55.1 Å². The van der Waals surface area contributed by atoms with E-state index in [0.29, 0.717) is 62.6 Å². The van der Waals surface area contributed by atoms with Gasteiger partial charge in [0.2, 0.25) is 0 Å². The van der Waals surface area contributed by atoms with Gasteiger partial charge in [-0.05, 0) is 218 Å². The van der Waals surface area contributed by atoms with E-state index in [9.17, 15) is 9.59 Å². The largest absolute Gasteiger partial charge is 0.493 e. The van der Waals surface area contributed by atoms with Crippen LogP contribution in [0, 0.1) is 51.8 Å². The Balaban J connectivity index is 0.00000345. The average molecular weight is 1160 g/mol. The molecule has 0 N–H and O–H groups in total. The highest BCUT2D eigenvalue weighted by molar-refractivity contribution is 5.87. The van der Waals surface area contributed by atoms with Crippen molar-refractivity contribution in [1.29, 1.82) is 0 Å². The van der Waals surface area contributed by atoms with Crippen LogP contribution in [0.25, 0.3) is 0 Å². The third-order valence-electron chi connectivity index (χ3n) is 18.5. The molecule has 10 nitrogen and oxygen atoms in total. The molecule has 2 fully saturated rings. The average Bonchev–Trinajstić information content (AvgIpc) is 3.59. The standard InChI is InChI=1S/C68H108O10.C5H12/c1-20-52-41-67(18,48-62(8,9)74-39-28-27-36-61(6,7)66(16,17)76-47-55(46-73-57-33-25-22-26-34-57)65(14,15)78-60(70)51(4)5)37-35-58(52)53-42-68(19,43-53)49-63(10,11)75-40-30-29-38-71-44-54(45-72-56-31-23-21-24-32-56)64(12,13)77-59(69)50(2)3;1-4-5(2)3/h20-26,31-34,52-55,58H,1-2,4,27-30,35-49H2,3,5-19H3;5H,4H2,1-3H3. The summed E-state index contributed by atoms with van der Waals surface area (Å²) in [7, 11) is 0. The lowest BCUT2D eigenvalue weighted by molar-refractivity contribution is -0.170. The van der Waals surface area contributed by atoms with Crippen molar-refractivity contribution in [2.45, 2.75) is 243 Å². The molecule has 2 saturated carbocycles. The summed E-state index contributed by atoms with van der Waals surface area (Å²) in [6.07, 6.45) is 16.6. The molecule has 2 aromatic rings. The van der Waals surface area contributed by atoms with E-state index in [4.69, 9.17) is 37.9 Å². The van der Waals surface area contributed by atoms with E-state index < -0.39 is 28.7 Å². The van der Waals surface area contributed by atoms with Crippen LogP contribution in [0.3, 0.4) is 0 Å². The van der Waals surface area contributed by atoms with E-state index in [1.54, 1.807) is 13.8 Å². The summed E-state index contributed by atoms with van der Waals surface area (Å²) >= 11 is 0. The first-order valence-electron chi connectivity index (χ1n) is 31.7. The molecule has 5 atom stereocenters. The summed E-state index contributed by atoms with van der Waals surface area (Å²) in [5, 5.41) is 0. The maximum atomic E-state index is 12.7. The Morgan fingerprint density at radius 2 is 1.05 bits per heavy atom. The quantitative estimate of drug-likeness (QED) is 0.0281. The molecule has 0 aliphatic heterocycles.